The minimum absolute atomic E-state index is 0.0222. The third-order valence-electron chi connectivity index (χ3n) is 9.64. The number of nitrogens with one attached hydrogen (secondary N) is 6. The molecule has 0 aliphatic heterocycles. The van der Waals surface area contributed by atoms with Crippen molar-refractivity contribution in [1.29, 1.82) is 0 Å². The number of carbonyl (C=O) groups is 7. The SMILES string of the molecule is CC(C)C[C@@H](NC(=O)[C@@H](CCCCN)NC(=O)[C@H](NC(=O)[C@H](NC(=O)[C@@H](Cc1ccccc1)NC(=O)[C@@H](Cc1ccccc1)NC(=O)[C@@H](C)N)C(C)C)C(C)C)C(=O)O. The number of amides is 6. The summed E-state index contributed by atoms with van der Waals surface area (Å²) < 4.78 is 0. The van der Waals surface area contributed by atoms with E-state index in [4.69, 9.17) is 11.5 Å². The number of carbonyl (C=O) groups excluding carboxylic acids is 6. The van der Waals surface area contributed by atoms with E-state index in [-0.39, 0.29) is 31.6 Å². The number of carboxylic acid groups (broad SMARTS) is 1. The monoisotopic (exact) mass is 823 g/mol. The summed E-state index contributed by atoms with van der Waals surface area (Å²) in [4.78, 5) is 93.8. The van der Waals surface area contributed by atoms with Gasteiger partial charge < -0.3 is 48.5 Å². The van der Waals surface area contributed by atoms with E-state index in [1.807, 2.05) is 38.1 Å². The Morgan fingerprint density at radius 3 is 1.34 bits per heavy atom. The van der Waals surface area contributed by atoms with E-state index in [9.17, 15) is 38.7 Å². The van der Waals surface area contributed by atoms with Crippen molar-refractivity contribution >= 4 is 41.4 Å². The molecule has 0 spiro atoms. The van der Waals surface area contributed by atoms with Crippen molar-refractivity contribution in [2.75, 3.05) is 6.54 Å². The predicted molar refractivity (Wildman–Crippen MR) is 225 cm³/mol. The fourth-order valence-electron chi connectivity index (χ4n) is 6.25. The van der Waals surface area contributed by atoms with Crippen LogP contribution in [0.3, 0.4) is 0 Å². The summed E-state index contributed by atoms with van der Waals surface area (Å²) in [5.74, 6) is -6.05. The second kappa shape index (κ2) is 25.2. The van der Waals surface area contributed by atoms with Crippen LogP contribution in [0.4, 0.5) is 0 Å². The van der Waals surface area contributed by atoms with Crippen molar-refractivity contribution in [3.05, 3.63) is 71.8 Å². The summed E-state index contributed by atoms with van der Waals surface area (Å²) in [7, 11) is 0. The van der Waals surface area contributed by atoms with E-state index in [0.29, 0.717) is 19.4 Å². The second-order valence-corrected chi connectivity index (χ2v) is 16.1. The molecule has 0 aliphatic carbocycles. The Balaban J connectivity index is 2.35. The summed E-state index contributed by atoms with van der Waals surface area (Å²) >= 11 is 0. The first-order valence-electron chi connectivity index (χ1n) is 20.4. The maximum Gasteiger partial charge on any atom is 0.326 e. The molecule has 7 atom stereocenters. The quantitative estimate of drug-likeness (QED) is 0.0649. The Hall–Kier alpha value is -5.35. The minimum atomic E-state index is -1.20. The molecule has 0 aliphatic rings. The summed E-state index contributed by atoms with van der Waals surface area (Å²) in [6, 6.07) is 10.3. The molecule has 0 unspecified atom stereocenters. The molecule has 11 N–H and O–H groups in total. The highest BCUT2D eigenvalue weighted by Crippen LogP contribution is 2.13. The minimum Gasteiger partial charge on any atom is -0.480 e. The maximum absolute atomic E-state index is 14.1. The van der Waals surface area contributed by atoms with Crippen LogP contribution in [0, 0.1) is 17.8 Å². The first-order chi connectivity index (χ1) is 27.8. The van der Waals surface area contributed by atoms with Crippen molar-refractivity contribution < 1.29 is 38.7 Å². The standard InChI is InChI=1S/C43H66N8O8/c1-25(2)22-34(43(58)59)49-38(53)31(20-14-15-21-44)46-41(56)35(26(3)4)51-42(57)36(27(5)6)50-40(55)33(24-30-18-12-9-13-19-30)48-39(54)32(47-37(52)28(7)45)23-29-16-10-8-11-17-29/h8-13,16-19,25-28,31-36H,14-15,20-24,44-45H2,1-7H3,(H,46,56)(H,47,52)(H,48,54)(H,49,53)(H,50,55)(H,51,57)(H,58,59)/t28-,31-,32-,33-,34-,35-,36-/m1/s1. The van der Waals surface area contributed by atoms with Crippen molar-refractivity contribution in [2.45, 2.75) is 129 Å². The van der Waals surface area contributed by atoms with Gasteiger partial charge in [0.1, 0.15) is 36.3 Å². The highest BCUT2D eigenvalue weighted by atomic mass is 16.4. The third kappa shape index (κ3) is 17.6. The Morgan fingerprint density at radius 2 is 0.915 bits per heavy atom. The topological polar surface area (TPSA) is 264 Å². The molecule has 16 nitrogen and oxygen atoms in total. The fraction of sp³-hybridized carbons (Fsp3) is 0.558. The normalized spacial score (nSPS) is 14.8. The third-order valence-corrected chi connectivity index (χ3v) is 9.64. The Morgan fingerprint density at radius 1 is 0.525 bits per heavy atom. The zero-order chi connectivity index (χ0) is 44.2. The number of nitrogens with two attached hydrogens (primary N) is 2. The number of carboxylic acids is 1. The Labute approximate surface area is 348 Å². The van der Waals surface area contributed by atoms with Crippen LogP contribution in [0.5, 0.6) is 0 Å². The molecule has 0 bridgehead atoms. The summed E-state index contributed by atoms with van der Waals surface area (Å²) in [6.45, 7) is 12.4. The van der Waals surface area contributed by atoms with Crippen LogP contribution in [0.15, 0.2) is 60.7 Å². The second-order valence-electron chi connectivity index (χ2n) is 16.1. The smallest absolute Gasteiger partial charge is 0.326 e. The van der Waals surface area contributed by atoms with E-state index in [1.165, 1.54) is 6.92 Å². The van der Waals surface area contributed by atoms with Gasteiger partial charge in [0.15, 0.2) is 0 Å². The Kier molecular flexibility index (Phi) is 21.3. The van der Waals surface area contributed by atoms with Crippen molar-refractivity contribution in [3.8, 4) is 0 Å². The van der Waals surface area contributed by atoms with E-state index in [2.05, 4.69) is 31.9 Å². The molecule has 0 saturated carbocycles. The molecule has 2 aromatic carbocycles. The molecule has 0 heterocycles. The molecule has 0 aromatic heterocycles. The van der Waals surface area contributed by atoms with Gasteiger partial charge >= 0.3 is 5.97 Å². The molecular formula is C43H66N8O8. The van der Waals surface area contributed by atoms with Crippen molar-refractivity contribution in [1.82, 2.24) is 31.9 Å². The van der Waals surface area contributed by atoms with Gasteiger partial charge in [0.05, 0.1) is 6.04 Å². The van der Waals surface area contributed by atoms with Gasteiger partial charge in [-0.25, -0.2) is 4.79 Å². The van der Waals surface area contributed by atoms with Crippen LogP contribution in [-0.4, -0.2) is 95.4 Å². The molecular weight excluding hydrogens is 757 g/mol. The number of aliphatic carboxylic acids is 1. The van der Waals surface area contributed by atoms with Crippen LogP contribution < -0.4 is 43.4 Å². The van der Waals surface area contributed by atoms with Gasteiger partial charge in [-0.3, -0.25) is 28.8 Å². The van der Waals surface area contributed by atoms with E-state index < -0.39 is 95.5 Å². The van der Waals surface area contributed by atoms with E-state index in [0.717, 1.165) is 11.1 Å². The molecule has 2 aromatic rings. The lowest BCUT2D eigenvalue weighted by molar-refractivity contribution is -0.143. The Bertz CT molecular complexity index is 1670. The van der Waals surface area contributed by atoms with Gasteiger partial charge in [-0.1, -0.05) is 102 Å². The van der Waals surface area contributed by atoms with Gasteiger partial charge in [0.25, 0.3) is 0 Å². The average molecular weight is 823 g/mol. The summed E-state index contributed by atoms with van der Waals surface area (Å²) in [5, 5.41) is 26.0. The van der Waals surface area contributed by atoms with Crippen LogP contribution >= 0.6 is 0 Å². The highest BCUT2D eigenvalue weighted by molar-refractivity contribution is 5.97. The molecule has 0 saturated heterocycles. The van der Waals surface area contributed by atoms with Crippen LogP contribution in [0.2, 0.25) is 0 Å². The fourth-order valence-corrected chi connectivity index (χ4v) is 6.25. The van der Waals surface area contributed by atoms with Crippen LogP contribution in [0.25, 0.3) is 0 Å². The van der Waals surface area contributed by atoms with Gasteiger partial charge in [0.2, 0.25) is 35.4 Å². The lowest BCUT2D eigenvalue weighted by Gasteiger charge is -2.30. The summed E-state index contributed by atoms with van der Waals surface area (Å²) in [5.41, 5.74) is 13.0. The number of rotatable bonds is 25. The summed E-state index contributed by atoms with van der Waals surface area (Å²) in [6.07, 6.45) is 1.58. The lowest BCUT2D eigenvalue weighted by atomic mass is 9.98. The van der Waals surface area contributed by atoms with Gasteiger partial charge in [0, 0.05) is 12.8 Å². The molecule has 16 heteroatoms. The molecule has 0 fully saturated rings. The van der Waals surface area contributed by atoms with E-state index >= 15 is 0 Å². The van der Waals surface area contributed by atoms with Gasteiger partial charge in [-0.15, -0.1) is 0 Å². The maximum atomic E-state index is 14.1. The van der Waals surface area contributed by atoms with Crippen LogP contribution in [0.1, 0.15) is 85.3 Å². The lowest BCUT2D eigenvalue weighted by Crippen LogP contribution is -2.61. The number of unbranched alkanes of at least 4 members (excludes halogenated alkanes) is 1. The zero-order valence-corrected chi connectivity index (χ0v) is 35.5. The van der Waals surface area contributed by atoms with Crippen LogP contribution in [-0.2, 0) is 46.4 Å². The van der Waals surface area contributed by atoms with E-state index in [1.54, 1.807) is 64.1 Å². The highest BCUT2D eigenvalue weighted by Gasteiger charge is 2.35. The van der Waals surface area contributed by atoms with Crippen molar-refractivity contribution in [2.24, 2.45) is 29.2 Å². The zero-order valence-electron chi connectivity index (χ0n) is 35.5. The molecule has 6 amide bonds. The number of hydrogen-bond acceptors (Lipinski definition) is 9. The molecule has 2 rings (SSSR count). The van der Waals surface area contributed by atoms with Gasteiger partial charge in [-0.2, -0.15) is 0 Å². The molecule has 0 radical (unpaired) electrons. The first kappa shape index (κ1) is 49.8. The largest absolute Gasteiger partial charge is 0.480 e. The molecule has 59 heavy (non-hydrogen) atoms. The predicted octanol–water partition coefficient (Wildman–Crippen LogP) is 1.30. The average Bonchev–Trinajstić information content (AvgIpc) is 3.17. The van der Waals surface area contributed by atoms with Crippen molar-refractivity contribution in [3.63, 3.8) is 0 Å². The first-order valence-corrected chi connectivity index (χ1v) is 20.4. The molecule has 326 valence electrons. The van der Waals surface area contributed by atoms with Gasteiger partial charge in [-0.05, 0) is 68.0 Å². The number of hydrogen-bond donors (Lipinski definition) is 9. The number of benzene rings is 2.